The van der Waals surface area contributed by atoms with E-state index in [0.29, 0.717) is 5.75 Å². The number of benzene rings is 1. The molecule has 0 saturated heterocycles. The minimum atomic E-state index is -4.50. The zero-order valence-corrected chi connectivity index (χ0v) is 8.41. The summed E-state index contributed by atoms with van der Waals surface area (Å²) in [6.45, 7) is 0. The van der Waals surface area contributed by atoms with E-state index >= 15 is 0 Å². The molecule has 0 amide bonds. The van der Waals surface area contributed by atoms with Gasteiger partial charge in [-0.25, -0.2) is 0 Å². The fourth-order valence-corrected chi connectivity index (χ4v) is 1.15. The molecule has 0 radical (unpaired) electrons. The summed E-state index contributed by atoms with van der Waals surface area (Å²) in [7, 11) is 1.45. The highest BCUT2D eigenvalue weighted by Crippen LogP contribution is 2.24. The lowest BCUT2D eigenvalue weighted by molar-refractivity contribution is -0.104. The van der Waals surface area contributed by atoms with Crippen LogP contribution in [0.1, 0.15) is 5.56 Å². The van der Waals surface area contributed by atoms with Crippen LogP contribution in [0.25, 0.3) is 5.57 Å². The highest BCUT2D eigenvalue weighted by Gasteiger charge is 2.24. The molecule has 0 saturated carbocycles. The first-order valence-electron chi connectivity index (χ1n) is 4.35. The number of hydrogen-bond donors (Lipinski definition) is 0. The Morgan fingerprint density at radius 1 is 1.25 bits per heavy atom. The summed E-state index contributed by atoms with van der Waals surface area (Å²) in [4.78, 5) is 10.5. The molecule has 86 valence electrons. The van der Waals surface area contributed by atoms with Crippen LogP contribution in [-0.2, 0) is 4.79 Å². The molecular weight excluding hydrogens is 221 g/mol. The number of rotatable bonds is 3. The maximum absolute atomic E-state index is 12.1. The lowest BCUT2D eigenvalue weighted by Gasteiger charge is -2.04. The van der Waals surface area contributed by atoms with Crippen LogP contribution in [0, 0.1) is 0 Å². The molecule has 0 aliphatic heterocycles. The monoisotopic (exact) mass is 230 g/mol. The summed E-state index contributed by atoms with van der Waals surface area (Å²) in [6, 6.07) is 5.77. The molecule has 0 fully saturated rings. The number of methoxy groups -OCH3 is 1. The van der Waals surface area contributed by atoms with E-state index < -0.39 is 11.7 Å². The third kappa shape index (κ3) is 3.42. The molecular formula is C11H9F3O2. The van der Waals surface area contributed by atoms with Crippen molar-refractivity contribution in [3.63, 3.8) is 0 Å². The Bertz CT molecular complexity index is 391. The fourth-order valence-electron chi connectivity index (χ4n) is 1.15. The molecule has 1 rings (SSSR count). The van der Waals surface area contributed by atoms with Gasteiger partial charge in [-0.1, -0.05) is 12.1 Å². The van der Waals surface area contributed by atoms with Gasteiger partial charge in [-0.15, -0.1) is 0 Å². The summed E-state index contributed by atoms with van der Waals surface area (Å²) in [5, 5.41) is 0. The van der Waals surface area contributed by atoms with Crippen molar-refractivity contribution >= 4 is 11.9 Å². The van der Waals surface area contributed by atoms with Crippen LogP contribution >= 0.6 is 0 Å². The molecule has 5 heteroatoms. The Labute approximate surface area is 90.3 Å². The Morgan fingerprint density at radius 2 is 1.81 bits per heavy atom. The number of halogens is 3. The normalized spacial score (nSPS) is 12.4. The molecule has 0 bridgehead atoms. The topological polar surface area (TPSA) is 26.3 Å². The van der Waals surface area contributed by atoms with Gasteiger partial charge in [0, 0.05) is 11.6 Å². The van der Waals surface area contributed by atoms with Gasteiger partial charge in [-0.05, 0) is 17.7 Å². The van der Waals surface area contributed by atoms with Gasteiger partial charge in [0.15, 0.2) is 6.29 Å². The van der Waals surface area contributed by atoms with E-state index in [-0.39, 0.29) is 17.9 Å². The van der Waals surface area contributed by atoms with Crippen LogP contribution in [0.5, 0.6) is 5.75 Å². The number of ether oxygens (including phenoxy) is 1. The number of carbonyl (C=O) groups is 1. The number of allylic oxidation sites excluding steroid dienone is 2. The summed E-state index contributed by atoms with van der Waals surface area (Å²) in [6.07, 6.45) is -4.35. The van der Waals surface area contributed by atoms with Crippen molar-refractivity contribution in [3.05, 3.63) is 35.9 Å². The lowest BCUT2D eigenvalue weighted by atomic mass is 10.1. The van der Waals surface area contributed by atoms with Crippen LogP contribution in [-0.4, -0.2) is 19.6 Å². The van der Waals surface area contributed by atoms with Crippen LogP contribution in [0.4, 0.5) is 13.2 Å². The number of aldehydes is 1. The van der Waals surface area contributed by atoms with Gasteiger partial charge >= 0.3 is 6.18 Å². The minimum absolute atomic E-state index is 0.0260. The Morgan fingerprint density at radius 3 is 2.19 bits per heavy atom. The van der Waals surface area contributed by atoms with Crippen LogP contribution in [0.2, 0.25) is 0 Å². The average molecular weight is 230 g/mol. The summed E-state index contributed by atoms with van der Waals surface area (Å²) < 4.78 is 41.0. The standard InChI is InChI=1S/C11H9F3O2/c1-16-10-4-2-8(3-5-10)9(7-15)6-11(12,13)14/h2-7H,1H3/b9-6-. The predicted octanol–water partition coefficient (Wildman–Crippen LogP) is 2.84. The van der Waals surface area contributed by atoms with Crippen molar-refractivity contribution in [2.75, 3.05) is 7.11 Å². The minimum Gasteiger partial charge on any atom is -0.497 e. The smallest absolute Gasteiger partial charge is 0.410 e. The molecule has 1 aromatic rings. The van der Waals surface area contributed by atoms with E-state index in [4.69, 9.17) is 4.74 Å². The first-order chi connectivity index (χ1) is 7.46. The first kappa shape index (κ1) is 12.3. The SMILES string of the molecule is COc1ccc(/C(C=O)=C\C(F)(F)F)cc1. The molecule has 0 aliphatic carbocycles. The highest BCUT2D eigenvalue weighted by atomic mass is 19.4. The first-order valence-corrected chi connectivity index (χ1v) is 4.35. The third-order valence-electron chi connectivity index (χ3n) is 1.87. The van der Waals surface area contributed by atoms with Crippen molar-refractivity contribution in [1.82, 2.24) is 0 Å². The van der Waals surface area contributed by atoms with Crippen molar-refractivity contribution in [2.45, 2.75) is 6.18 Å². The van der Waals surface area contributed by atoms with Crippen molar-refractivity contribution < 1.29 is 22.7 Å². The summed E-state index contributed by atoms with van der Waals surface area (Å²) >= 11 is 0. The Kier molecular flexibility index (Phi) is 3.71. The third-order valence-corrected chi connectivity index (χ3v) is 1.87. The highest BCUT2D eigenvalue weighted by molar-refractivity contribution is 6.07. The van der Waals surface area contributed by atoms with E-state index in [1.165, 1.54) is 31.4 Å². The van der Waals surface area contributed by atoms with Crippen molar-refractivity contribution in [3.8, 4) is 5.75 Å². The molecule has 0 N–H and O–H groups in total. The number of hydrogen-bond acceptors (Lipinski definition) is 2. The zero-order chi connectivity index (χ0) is 12.2. The predicted molar refractivity (Wildman–Crippen MR) is 53.1 cm³/mol. The average Bonchev–Trinajstić information content (AvgIpc) is 2.25. The van der Waals surface area contributed by atoms with Crippen LogP contribution < -0.4 is 4.74 Å². The molecule has 0 heterocycles. The summed E-state index contributed by atoms with van der Waals surface area (Å²) in [5.41, 5.74) is -0.205. The second-order valence-corrected chi connectivity index (χ2v) is 2.99. The summed E-state index contributed by atoms with van der Waals surface area (Å²) in [5.74, 6) is 0.515. The Balaban J connectivity index is 3.05. The number of carbonyl (C=O) groups excluding carboxylic acids is 1. The van der Waals surface area contributed by atoms with Crippen molar-refractivity contribution in [1.29, 1.82) is 0 Å². The van der Waals surface area contributed by atoms with E-state index in [1.807, 2.05) is 0 Å². The maximum atomic E-state index is 12.1. The van der Waals surface area contributed by atoms with Gasteiger partial charge in [0.1, 0.15) is 5.75 Å². The quantitative estimate of drug-likeness (QED) is 0.589. The zero-order valence-electron chi connectivity index (χ0n) is 8.41. The molecule has 16 heavy (non-hydrogen) atoms. The molecule has 0 spiro atoms. The Hall–Kier alpha value is -1.78. The molecule has 0 aliphatic rings. The van der Waals surface area contributed by atoms with E-state index in [1.54, 1.807) is 0 Å². The van der Waals surface area contributed by atoms with E-state index in [0.717, 1.165) is 0 Å². The van der Waals surface area contributed by atoms with Gasteiger partial charge in [0.05, 0.1) is 7.11 Å². The second kappa shape index (κ2) is 4.83. The molecule has 0 aromatic heterocycles. The second-order valence-electron chi connectivity index (χ2n) is 2.99. The van der Waals surface area contributed by atoms with E-state index in [2.05, 4.69) is 0 Å². The fraction of sp³-hybridized carbons (Fsp3) is 0.182. The molecule has 0 atom stereocenters. The van der Waals surface area contributed by atoms with Crippen LogP contribution in [0.3, 0.4) is 0 Å². The molecule has 1 aromatic carbocycles. The largest absolute Gasteiger partial charge is 0.497 e. The van der Waals surface area contributed by atoms with Gasteiger partial charge in [0.25, 0.3) is 0 Å². The van der Waals surface area contributed by atoms with Crippen molar-refractivity contribution in [2.24, 2.45) is 0 Å². The lowest BCUT2D eigenvalue weighted by Crippen LogP contribution is -2.03. The number of alkyl halides is 3. The van der Waals surface area contributed by atoms with Gasteiger partial charge in [-0.3, -0.25) is 4.79 Å². The maximum Gasteiger partial charge on any atom is 0.410 e. The molecule has 2 nitrogen and oxygen atoms in total. The van der Waals surface area contributed by atoms with Crippen LogP contribution in [0.15, 0.2) is 30.3 Å². The van der Waals surface area contributed by atoms with Gasteiger partial charge in [0.2, 0.25) is 0 Å². The van der Waals surface area contributed by atoms with Gasteiger partial charge in [-0.2, -0.15) is 13.2 Å². The van der Waals surface area contributed by atoms with E-state index in [9.17, 15) is 18.0 Å². The van der Waals surface area contributed by atoms with Gasteiger partial charge < -0.3 is 4.74 Å². The molecule has 0 unspecified atom stereocenters.